The van der Waals surface area contributed by atoms with Crippen LogP contribution >= 0.6 is 0 Å². The summed E-state index contributed by atoms with van der Waals surface area (Å²) in [4.78, 5) is 0. The number of aliphatic hydroxyl groups is 4. The molecule has 162 valence electrons. The normalized spacial score (nSPS) is 16.9. The van der Waals surface area contributed by atoms with Crippen molar-refractivity contribution in [2.24, 2.45) is 22.7 Å². The number of hydrogen-bond donors (Lipinski definition) is 4. The van der Waals surface area contributed by atoms with Crippen LogP contribution in [0.4, 0.5) is 0 Å². The minimum absolute atomic E-state index is 0. The van der Waals surface area contributed by atoms with E-state index >= 15 is 0 Å². The fourth-order valence-corrected chi connectivity index (χ4v) is 2.50. The smallest absolute Gasteiger partial charge is 0.0613 e. The molecule has 0 bridgehead atoms. The average molecular weight is 442 g/mol. The molecule has 4 N–H and O–H groups in total. The maximum absolute atomic E-state index is 9.71. The third-order valence-corrected chi connectivity index (χ3v) is 4.48. The van der Waals surface area contributed by atoms with Gasteiger partial charge in [-0.3, -0.25) is 0 Å². The van der Waals surface area contributed by atoms with Crippen LogP contribution in [0.15, 0.2) is 0 Å². The minimum atomic E-state index is -0.416. The van der Waals surface area contributed by atoms with Crippen LogP contribution in [0.1, 0.15) is 94.9 Å². The topological polar surface area (TPSA) is 80.9 Å². The first-order chi connectivity index (χ1) is 11.5. The van der Waals surface area contributed by atoms with Gasteiger partial charge in [0.25, 0.3) is 0 Å². The molecule has 0 saturated heterocycles. The number of hydrogen-bond acceptors (Lipinski definition) is 4. The molecule has 0 aliphatic carbocycles. The van der Waals surface area contributed by atoms with Gasteiger partial charge < -0.3 is 20.4 Å². The summed E-state index contributed by atoms with van der Waals surface area (Å²) in [7, 11) is 0. The summed E-state index contributed by atoms with van der Waals surface area (Å²) in [6.45, 7) is 20.2. The van der Waals surface area contributed by atoms with Crippen LogP contribution in [0.25, 0.3) is 0 Å². The van der Waals surface area contributed by atoms with Gasteiger partial charge in [-0.05, 0) is 48.3 Å². The van der Waals surface area contributed by atoms with Gasteiger partial charge in [0.05, 0.1) is 24.4 Å². The summed E-state index contributed by atoms with van der Waals surface area (Å²) in [6, 6.07) is 0. The second-order valence-corrected chi connectivity index (χ2v) is 10.8. The molecule has 0 aliphatic heterocycles. The summed E-state index contributed by atoms with van der Waals surface area (Å²) >= 11 is 0. The molecule has 0 aromatic carbocycles. The van der Waals surface area contributed by atoms with Crippen molar-refractivity contribution in [3.63, 3.8) is 0 Å². The number of aliphatic hydroxyl groups excluding tert-OH is 4. The Morgan fingerprint density at radius 2 is 0.741 bits per heavy atom. The van der Waals surface area contributed by atoms with E-state index in [-0.39, 0.29) is 42.5 Å². The molecule has 5 heteroatoms. The first kappa shape index (κ1) is 32.1. The van der Waals surface area contributed by atoms with Crippen molar-refractivity contribution in [3.8, 4) is 0 Å². The van der Waals surface area contributed by atoms with Crippen LogP contribution in [0.5, 0.6) is 0 Å². The molecule has 0 fully saturated rings. The zero-order valence-corrected chi connectivity index (χ0v) is 22.8. The van der Waals surface area contributed by atoms with Crippen molar-refractivity contribution >= 4 is 0 Å². The zero-order valence-electron chi connectivity index (χ0n) is 19.8. The summed E-state index contributed by atoms with van der Waals surface area (Å²) in [5.74, 6) is 0.976. The van der Waals surface area contributed by atoms with Crippen molar-refractivity contribution < 1.29 is 39.9 Å². The molecular weight excluding hydrogens is 394 g/mol. The van der Waals surface area contributed by atoms with E-state index in [0.29, 0.717) is 24.7 Å². The van der Waals surface area contributed by atoms with Crippen molar-refractivity contribution in [3.05, 3.63) is 0 Å². The van der Waals surface area contributed by atoms with Gasteiger partial charge in [-0.1, -0.05) is 69.2 Å². The summed E-state index contributed by atoms with van der Waals surface area (Å²) < 4.78 is 0. The Bertz CT molecular complexity index is 311. The van der Waals surface area contributed by atoms with Crippen LogP contribution in [0, 0.1) is 22.7 Å². The molecule has 4 unspecified atom stereocenters. The van der Waals surface area contributed by atoms with Crippen molar-refractivity contribution in [2.75, 3.05) is 0 Å². The van der Waals surface area contributed by atoms with Gasteiger partial charge >= 0.3 is 0 Å². The van der Waals surface area contributed by atoms with E-state index < -0.39 is 12.2 Å². The first-order valence-corrected chi connectivity index (χ1v) is 10.2. The SMILES string of the molecule is CC(C)CC(O)CC(O)C(C)(C)C.CC(C)CC(O)CC(O)C(C)(C)C.[Zn]. The van der Waals surface area contributed by atoms with Crippen molar-refractivity contribution in [2.45, 2.75) is 119 Å². The molecular formula is C22H48O4Zn. The van der Waals surface area contributed by atoms with Gasteiger partial charge in [0.15, 0.2) is 0 Å². The molecule has 0 heterocycles. The van der Waals surface area contributed by atoms with Gasteiger partial charge in [-0.15, -0.1) is 0 Å². The third-order valence-electron chi connectivity index (χ3n) is 4.48. The van der Waals surface area contributed by atoms with Crippen molar-refractivity contribution in [1.82, 2.24) is 0 Å². The molecule has 0 spiro atoms. The molecule has 27 heavy (non-hydrogen) atoms. The molecule has 0 radical (unpaired) electrons. The Labute approximate surface area is 181 Å². The van der Waals surface area contributed by atoms with E-state index in [9.17, 15) is 20.4 Å². The summed E-state index contributed by atoms with van der Waals surface area (Å²) in [5.41, 5.74) is -0.254. The van der Waals surface area contributed by atoms with E-state index in [1.165, 1.54) is 0 Å². The predicted octanol–water partition coefficient (Wildman–Crippen LogP) is 4.38. The monoisotopic (exact) mass is 440 g/mol. The zero-order chi connectivity index (χ0) is 21.3. The second-order valence-electron chi connectivity index (χ2n) is 10.8. The maximum Gasteiger partial charge on any atom is 0.0613 e. The molecule has 4 atom stereocenters. The first-order valence-electron chi connectivity index (χ1n) is 10.2. The quantitative estimate of drug-likeness (QED) is 0.421. The molecule has 4 nitrogen and oxygen atoms in total. The van der Waals surface area contributed by atoms with Crippen molar-refractivity contribution in [1.29, 1.82) is 0 Å². The van der Waals surface area contributed by atoms with E-state index in [0.717, 1.165) is 12.8 Å². The average Bonchev–Trinajstić information content (AvgIpc) is 2.34. The molecule has 0 rings (SSSR count). The van der Waals surface area contributed by atoms with Crippen LogP contribution in [0.2, 0.25) is 0 Å². The van der Waals surface area contributed by atoms with Crippen LogP contribution < -0.4 is 0 Å². The maximum atomic E-state index is 9.71. The Kier molecular flexibility index (Phi) is 17.2. The Morgan fingerprint density at radius 3 is 0.889 bits per heavy atom. The Balaban J connectivity index is -0.000000411. The second kappa shape index (κ2) is 14.4. The molecule has 0 amide bonds. The van der Waals surface area contributed by atoms with Gasteiger partial charge in [0.1, 0.15) is 0 Å². The van der Waals surface area contributed by atoms with Gasteiger partial charge in [-0.2, -0.15) is 0 Å². The third kappa shape index (κ3) is 19.5. The summed E-state index contributed by atoms with van der Waals surface area (Å²) in [6.07, 6.45) is 0.954. The summed E-state index contributed by atoms with van der Waals surface area (Å²) in [5, 5.41) is 38.6. The predicted molar refractivity (Wildman–Crippen MR) is 111 cm³/mol. The minimum Gasteiger partial charge on any atom is -0.393 e. The fourth-order valence-electron chi connectivity index (χ4n) is 2.50. The molecule has 0 aromatic rings. The largest absolute Gasteiger partial charge is 0.393 e. The molecule has 0 saturated carbocycles. The molecule has 0 aromatic heterocycles. The van der Waals surface area contributed by atoms with E-state index in [2.05, 4.69) is 27.7 Å². The van der Waals surface area contributed by atoms with Crippen LogP contribution in [0.3, 0.4) is 0 Å². The van der Waals surface area contributed by atoms with E-state index in [4.69, 9.17) is 0 Å². The van der Waals surface area contributed by atoms with Gasteiger partial charge in [0, 0.05) is 19.5 Å². The fraction of sp³-hybridized carbons (Fsp3) is 1.00. The van der Waals surface area contributed by atoms with Gasteiger partial charge in [-0.25, -0.2) is 0 Å². The van der Waals surface area contributed by atoms with Crippen LogP contribution in [-0.2, 0) is 19.5 Å². The Morgan fingerprint density at radius 1 is 0.519 bits per heavy atom. The molecule has 0 aliphatic rings. The van der Waals surface area contributed by atoms with Gasteiger partial charge in [0.2, 0.25) is 0 Å². The van der Waals surface area contributed by atoms with Crippen LogP contribution in [-0.4, -0.2) is 44.8 Å². The van der Waals surface area contributed by atoms with E-state index in [1.807, 2.05) is 41.5 Å². The van der Waals surface area contributed by atoms with E-state index in [1.54, 1.807) is 0 Å². The Hall–Kier alpha value is 0.463. The standard InChI is InChI=1S/2C11H24O2.Zn/c2*1-8(2)6-9(12)7-10(13)11(3,4)5;/h2*8-10,12-13H,6-7H2,1-5H3;. The number of rotatable bonds is 8.